The van der Waals surface area contributed by atoms with Crippen LogP contribution >= 0.6 is 11.6 Å². The molecule has 1 aliphatic heterocycles. The van der Waals surface area contributed by atoms with E-state index in [9.17, 15) is 0 Å². The second-order valence-corrected chi connectivity index (χ2v) is 4.67. The number of rotatable bonds is 1. The molecule has 3 nitrogen and oxygen atoms in total. The fourth-order valence-electron chi connectivity index (χ4n) is 2.20. The second kappa shape index (κ2) is 9.34. The van der Waals surface area contributed by atoms with E-state index in [0.29, 0.717) is 18.2 Å². The van der Waals surface area contributed by atoms with E-state index in [1.807, 2.05) is 38.1 Å². The Hall–Kier alpha value is -1.71. The summed E-state index contributed by atoms with van der Waals surface area (Å²) in [6.07, 6.45) is 0. The summed E-state index contributed by atoms with van der Waals surface area (Å²) in [6, 6.07) is 11.8. The van der Waals surface area contributed by atoms with Crippen LogP contribution in [-0.4, -0.2) is 20.3 Å². The molecule has 0 amide bonds. The Balaban J connectivity index is 0.000000561. The van der Waals surface area contributed by atoms with Crippen molar-refractivity contribution in [3.05, 3.63) is 47.0 Å². The number of hydrogen-bond acceptors (Lipinski definition) is 3. The first-order valence-electron chi connectivity index (χ1n) is 7.49. The van der Waals surface area contributed by atoms with Crippen molar-refractivity contribution in [2.24, 2.45) is 5.73 Å². The summed E-state index contributed by atoms with van der Waals surface area (Å²) in [7, 11) is 1.50. The van der Waals surface area contributed by atoms with Crippen LogP contribution in [0.3, 0.4) is 0 Å². The third-order valence-corrected chi connectivity index (χ3v) is 3.39. The van der Waals surface area contributed by atoms with Gasteiger partial charge in [-0.2, -0.15) is 0 Å². The van der Waals surface area contributed by atoms with Crippen molar-refractivity contribution in [1.29, 1.82) is 0 Å². The van der Waals surface area contributed by atoms with E-state index in [-0.39, 0.29) is 0 Å². The molecule has 2 aromatic carbocycles. The lowest BCUT2D eigenvalue weighted by Gasteiger charge is -2.22. The average molecular weight is 322 g/mol. The smallest absolute Gasteiger partial charge is 0.170 e. The van der Waals surface area contributed by atoms with Crippen molar-refractivity contribution in [2.75, 3.05) is 20.3 Å². The molecule has 0 radical (unpaired) electrons. The van der Waals surface area contributed by atoms with Crippen LogP contribution in [0.25, 0.3) is 11.1 Å². The second-order valence-electron chi connectivity index (χ2n) is 4.26. The number of halogens is 1. The molecule has 120 valence electrons. The molecule has 0 saturated heterocycles. The molecule has 1 aliphatic rings. The Morgan fingerprint density at radius 3 is 2.27 bits per heavy atom. The molecule has 0 bridgehead atoms. The molecule has 4 heteroatoms. The van der Waals surface area contributed by atoms with Crippen LogP contribution in [-0.2, 0) is 0 Å². The highest BCUT2D eigenvalue weighted by Gasteiger charge is 2.20. The summed E-state index contributed by atoms with van der Waals surface area (Å²) in [6.45, 7) is 7.21. The van der Waals surface area contributed by atoms with E-state index in [1.165, 1.54) is 12.6 Å². The van der Waals surface area contributed by atoms with Gasteiger partial charge in [0.25, 0.3) is 0 Å². The number of fused-ring (bicyclic) bond motifs is 1. The molecule has 1 heterocycles. The zero-order valence-corrected chi connectivity index (χ0v) is 14.4. The number of ether oxygens (including phenoxy) is 2. The Morgan fingerprint density at radius 1 is 0.955 bits per heavy atom. The summed E-state index contributed by atoms with van der Waals surface area (Å²) in [4.78, 5) is 0. The van der Waals surface area contributed by atoms with Gasteiger partial charge in [0, 0.05) is 5.56 Å². The van der Waals surface area contributed by atoms with Gasteiger partial charge in [0.2, 0.25) is 0 Å². The zero-order chi connectivity index (χ0) is 16.5. The summed E-state index contributed by atoms with van der Waals surface area (Å²) < 4.78 is 11.3. The molecule has 22 heavy (non-hydrogen) atoms. The van der Waals surface area contributed by atoms with Gasteiger partial charge in [-0.15, -0.1) is 0 Å². The van der Waals surface area contributed by atoms with Gasteiger partial charge >= 0.3 is 0 Å². The summed E-state index contributed by atoms with van der Waals surface area (Å²) in [5.41, 5.74) is 7.68. The molecule has 3 rings (SSSR count). The normalized spacial score (nSPS) is 11.5. The lowest BCUT2D eigenvalue weighted by molar-refractivity contribution is 0.172. The minimum absolute atomic E-state index is 0.562. The first-order chi connectivity index (χ1) is 10.8. The van der Waals surface area contributed by atoms with Crippen LogP contribution in [0.15, 0.2) is 36.4 Å². The molecule has 0 fully saturated rings. The molecule has 0 aliphatic carbocycles. The molecule has 2 N–H and O–H groups in total. The fraction of sp³-hybridized carbons (Fsp3) is 0.333. The zero-order valence-electron chi connectivity index (χ0n) is 13.7. The Bertz CT molecular complexity index is 600. The van der Waals surface area contributed by atoms with Gasteiger partial charge in [0.15, 0.2) is 11.5 Å². The van der Waals surface area contributed by atoms with E-state index in [4.69, 9.17) is 21.1 Å². The van der Waals surface area contributed by atoms with Gasteiger partial charge in [0.1, 0.15) is 13.2 Å². The molecular weight excluding hydrogens is 298 g/mol. The maximum Gasteiger partial charge on any atom is 0.170 e. The molecule has 0 aromatic heterocycles. The first kappa shape index (κ1) is 18.3. The number of aryl methyl sites for hydroxylation is 1. The number of benzene rings is 2. The third kappa shape index (κ3) is 3.93. The van der Waals surface area contributed by atoms with Crippen molar-refractivity contribution < 1.29 is 9.47 Å². The maximum absolute atomic E-state index is 6.33. The Morgan fingerprint density at radius 2 is 1.59 bits per heavy atom. The predicted octanol–water partition coefficient (Wildman–Crippen LogP) is 4.69. The minimum atomic E-state index is 0.562. The van der Waals surface area contributed by atoms with Crippen LogP contribution in [0.1, 0.15) is 19.4 Å². The van der Waals surface area contributed by atoms with Crippen LogP contribution < -0.4 is 15.2 Å². The van der Waals surface area contributed by atoms with Crippen LogP contribution in [0.4, 0.5) is 0 Å². The quantitative estimate of drug-likeness (QED) is 0.828. The van der Waals surface area contributed by atoms with Gasteiger partial charge in [-0.25, -0.2) is 0 Å². The molecule has 0 saturated carbocycles. The summed E-state index contributed by atoms with van der Waals surface area (Å²) in [5, 5.41) is 0.688. The first-order valence-corrected chi connectivity index (χ1v) is 7.87. The number of nitrogens with two attached hydrogens (primary N) is 1. The van der Waals surface area contributed by atoms with Crippen LogP contribution in [0.2, 0.25) is 5.02 Å². The highest BCUT2D eigenvalue weighted by Crippen LogP contribution is 2.45. The van der Waals surface area contributed by atoms with E-state index in [0.717, 1.165) is 22.6 Å². The predicted molar refractivity (Wildman–Crippen MR) is 94.1 cm³/mol. The molecule has 0 atom stereocenters. The Kier molecular flexibility index (Phi) is 7.78. The summed E-state index contributed by atoms with van der Waals surface area (Å²) in [5.74, 6) is 1.52. The van der Waals surface area contributed by atoms with Crippen molar-refractivity contribution >= 4 is 11.6 Å². The lowest BCUT2D eigenvalue weighted by atomic mass is 9.99. The molecular formula is C18H24ClNO2. The SMILES string of the molecule is CC.CN.Cc1ccccc1-c1c(Cl)ccc2c1OCCO2. The Labute approximate surface area is 138 Å². The largest absolute Gasteiger partial charge is 0.486 e. The van der Waals surface area contributed by atoms with E-state index < -0.39 is 0 Å². The fourth-order valence-corrected chi connectivity index (χ4v) is 2.45. The van der Waals surface area contributed by atoms with Gasteiger partial charge in [-0.05, 0) is 37.2 Å². The highest BCUT2D eigenvalue weighted by molar-refractivity contribution is 6.33. The molecule has 0 unspecified atom stereocenters. The van der Waals surface area contributed by atoms with Gasteiger partial charge in [-0.3, -0.25) is 0 Å². The standard InChI is InChI=1S/C15H13ClO2.C2H6.CH5N/c1-10-4-2-3-5-11(10)14-12(16)6-7-13-15(14)18-9-8-17-13;2*1-2/h2-7H,8-9H2,1H3;1-2H3;2H2,1H3. The topological polar surface area (TPSA) is 44.5 Å². The highest BCUT2D eigenvalue weighted by atomic mass is 35.5. The minimum Gasteiger partial charge on any atom is -0.486 e. The lowest BCUT2D eigenvalue weighted by Crippen LogP contribution is -2.16. The monoisotopic (exact) mass is 321 g/mol. The van der Waals surface area contributed by atoms with Crippen molar-refractivity contribution in [3.63, 3.8) is 0 Å². The molecule has 0 spiro atoms. The molecule has 2 aromatic rings. The average Bonchev–Trinajstić information content (AvgIpc) is 2.59. The van der Waals surface area contributed by atoms with E-state index in [1.54, 1.807) is 0 Å². The van der Waals surface area contributed by atoms with Gasteiger partial charge in [0.05, 0.1) is 5.02 Å². The third-order valence-electron chi connectivity index (χ3n) is 3.07. The van der Waals surface area contributed by atoms with Crippen molar-refractivity contribution in [2.45, 2.75) is 20.8 Å². The van der Waals surface area contributed by atoms with E-state index in [2.05, 4.69) is 24.8 Å². The van der Waals surface area contributed by atoms with Crippen LogP contribution in [0, 0.1) is 6.92 Å². The van der Waals surface area contributed by atoms with Crippen molar-refractivity contribution in [3.8, 4) is 22.6 Å². The van der Waals surface area contributed by atoms with E-state index >= 15 is 0 Å². The van der Waals surface area contributed by atoms with Gasteiger partial charge in [-0.1, -0.05) is 49.7 Å². The van der Waals surface area contributed by atoms with Crippen molar-refractivity contribution in [1.82, 2.24) is 0 Å². The van der Waals surface area contributed by atoms with Gasteiger partial charge < -0.3 is 15.2 Å². The number of hydrogen-bond donors (Lipinski definition) is 1. The maximum atomic E-state index is 6.33. The van der Waals surface area contributed by atoms with Crippen LogP contribution in [0.5, 0.6) is 11.5 Å². The summed E-state index contributed by atoms with van der Waals surface area (Å²) >= 11 is 6.33.